The summed E-state index contributed by atoms with van der Waals surface area (Å²) in [5.74, 6) is 1.41. The summed E-state index contributed by atoms with van der Waals surface area (Å²) in [5.41, 5.74) is 5.54. The van der Waals surface area contributed by atoms with E-state index in [0.29, 0.717) is 47.1 Å². The van der Waals surface area contributed by atoms with E-state index in [1.807, 2.05) is 18.2 Å². The van der Waals surface area contributed by atoms with Crippen LogP contribution >= 0.6 is 23.1 Å². The number of benzene rings is 1. The SMILES string of the molecule is Nc1nnc(SCC(=O)N2CCN(C(=O)C3COc4ccccc4O3)CC2)s1. The van der Waals surface area contributed by atoms with Gasteiger partial charge in [-0.25, -0.2) is 0 Å². The molecular weight excluding hydrogens is 402 g/mol. The average Bonchev–Trinajstić information content (AvgIpc) is 3.16. The molecule has 1 saturated heterocycles. The number of hydrogen-bond donors (Lipinski definition) is 1. The van der Waals surface area contributed by atoms with Crippen LogP contribution in [0.25, 0.3) is 0 Å². The van der Waals surface area contributed by atoms with E-state index in [0.717, 1.165) is 0 Å². The summed E-state index contributed by atoms with van der Waals surface area (Å²) in [5, 5.41) is 8.01. The predicted octanol–water partition coefficient (Wildman–Crippen LogP) is 0.723. The lowest BCUT2D eigenvalue weighted by atomic mass is 10.2. The fraction of sp³-hybridized carbons (Fsp3) is 0.412. The Kier molecular flexibility index (Phi) is 5.53. The number of piperazine rings is 1. The lowest BCUT2D eigenvalue weighted by Gasteiger charge is -2.37. The highest BCUT2D eigenvalue weighted by Gasteiger charge is 2.33. The molecule has 2 aliphatic rings. The number of ether oxygens (including phenoxy) is 2. The van der Waals surface area contributed by atoms with E-state index in [2.05, 4.69) is 10.2 Å². The normalized spacial score (nSPS) is 18.8. The van der Waals surface area contributed by atoms with Crippen molar-refractivity contribution in [2.45, 2.75) is 10.4 Å². The highest BCUT2D eigenvalue weighted by molar-refractivity contribution is 8.01. The van der Waals surface area contributed by atoms with Crippen LogP contribution in [0, 0.1) is 0 Å². The van der Waals surface area contributed by atoms with E-state index in [1.54, 1.807) is 15.9 Å². The summed E-state index contributed by atoms with van der Waals surface area (Å²) in [6.07, 6.45) is -0.657. The van der Waals surface area contributed by atoms with Crippen molar-refractivity contribution < 1.29 is 19.1 Å². The van der Waals surface area contributed by atoms with E-state index in [9.17, 15) is 9.59 Å². The van der Waals surface area contributed by atoms with Gasteiger partial charge in [-0.1, -0.05) is 35.2 Å². The van der Waals surface area contributed by atoms with Crippen molar-refractivity contribution >= 4 is 40.0 Å². The summed E-state index contributed by atoms with van der Waals surface area (Å²) in [4.78, 5) is 28.6. The number of para-hydroxylation sites is 2. The number of carbonyl (C=O) groups is 2. The van der Waals surface area contributed by atoms with Gasteiger partial charge in [0.15, 0.2) is 15.8 Å². The summed E-state index contributed by atoms with van der Waals surface area (Å²) in [7, 11) is 0. The minimum absolute atomic E-state index is 0.0112. The van der Waals surface area contributed by atoms with Gasteiger partial charge in [-0.3, -0.25) is 9.59 Å². The molecule has 0 saturated carbocycles. The van der Waals surface area contributed by atoms with Crippen molar-refractivity contribution in [2.24, 2.45) is 0 Å². The van der Waals surface area contributed by atoms with Gasteiger partial charge in [-0.2, -0.15) is 0 Å². The van der Waals surface area contributed by atoms with E-state index >= 15 is 0 Å². The molecule has 3 heterocycles. The molecule has 1 aromatic heterocycles. The van der Waals surface area contributed by atoms with Gasteiger partial charge < -0.3 is 25.0 Å². The molecule has 148 valence electrons. The molecule has 0 spiro atoms. The van der Waals surface area contributed by atoms with Crippen molar-refractivity contribution in [2.75, 3.05) is 44.3 Å². The third-order valence-corrected chi connectivity index (χ3v) is 6.34. The zero-order valence-corrected chi connectivity index (χ0v) is 16.6. The fourth-order valence-electron chi connectivity index (χ4n) is 3.01. The van der Waals surface area contributed by atoms with Crippen LogP contribution in [0.2, 0.25) is 0 Å². The van der Waals surface area contributed by atoms with E-state index in [4.69, 9.17) is 15.2 Å². The van der Waals surface area contributed by atoms with Crippen molar-refractivity contribution in [3.63, 3.8) is 0 Å². The molecule has 1 unspecified atom stereocenters. The average molecular weight is 422 g/mol. The second-order valence-electron chi connectivity index (χ2n) is 6.27. The largest absolute Gasteiger partial charge is 0.485 e. The predicted molar refractivity (Wildman–Crippen MR) is 105 cm³/mol. The fourth-order valence-corrected chi connectivity index (χ4v) is 4.55. The number of carbonyl (C=O) groups excluding carboxylic acids is 2. The molecule has 11 heteroatoms. The second-order valence-corrected chi connectivity index (χ2v) is 8.50. The summed E-state index contributed by atoms with van der Waals surface area (Å²) >= 11 is 2.58. The standard InChI is InChI=1S/C17H19N5O4S2/c18-16-19-20-17(28-16)27-10-14(23)21-5-7-22(8-6-21)15(24)13-9-25-11-3-1-2-4-12(11)26-13/h1-4,13H,5-10H2,(H2,18,19). The van der Waals surface area contributed by atoms with Gasteiger partial charge in [-0.15, -0.1) is 10.2 Å². The number of nitrogen functional groups attached to an aromatic ring is 1. The van der Waals surface area contributed by atoms with Gasteiger partial charge in [0.25, 0.3) is 5.91 Å². The van der Waals surface area contributed by atoms with E-state index < -0.39 is 6.10 Å². The molecule has 0 aliphatic carbocycles. The smallest absolute Gasteiger partial charge is 0.267 e. The molecule has 9 nitrogen and oxygen atoms in total. The van der Waals surface area contributed by atoms with Crippen molar-refractivity contribution in [3.05, 3.63) is 24.3 Å². The Bertz CT molecular complexity index is 869. The van der Waals surface area contributed by atoms with Crippen LogP contribution in [-0.4, -0.2) is 76.5 Å². The first-order valence-electron chi connectivity index (χ1n) is 8.77. The summed E-state index contributed by atoms with van der Waals surface area (Å²) < 4.78 is 12.1. The molecule has 2 aromatic rings. The van der Waals surface area contributed by atoms with Crippen LogP contribution in [0.3, 0.4) is 0 Å². The summed E-state index contributed by atoms with van der Waals surface area (Å²) in [6, 6.07) is 7.30. The topological polar surface area (TPSA) is 111 Å². The molecule has 1 aromatic carbocycles. The number of hydrogen-bond acceptors (Lipinski definition) is 9. The first kappa shape index (κ1) is 18.8. The van der Waals surface area contributed by atoms with Crippen molar-refractivity contribution in [1.29, 1.82) is 0 Å². The first-order chi connectivity index (χ1) is 13.6. The molecule has 1 atom stereocenters. The van der Waals surface area contributed by atoms with Gasteiger partial charge in [0.2, 0.25) is 17.1 Å². The maximum absolute atomic E-state index is 12.7. The van der Waals surface area contributed by atoms with Crippen LogP contribution in [0.5, 0.6) is 11.5 Å². The van der Waals surface area contributed by atoms with E-state index in [1.165, 1.54) is 23.1 Å². The number of fused-ring (bicyclic) bond motifs is 1. The molecule has 28 heavy (non-hydrogen) atoms. The van der Waals surface area contributed by atoms with Gasteiger partial charge in [0.1, 0.15) is 6.61 Å². The summed E-state index contributed by atoms with van der Waals surface area (Å²) in [6.45, 7) is 2.13. The number of aromatic nitrogens is 2. The van der Waals surface area contributed by atoms with Crippen molar-refractivity contribution in [1.82, 2.24) is 20.0 Å². The first-order valence-corrected chi connectivity index (χ1v) is 10.6. The third-order valence-electron chi connectivity index (χ3n) is 4.47. The molecular formula is C17H19N5O4S2. The molecule has 4 rings (SSSR count). The highest BCUT2D eigenvalue weighted by atomic mass is 32.2. The van der Waals surface area contributed by atoms with Crippen LogP contribution in [0.4, 0.5) is 5.13 Å². The Morgan fingerprint density at radius 1 is 1.14 bits per heavy atom. The Morgan fingerprint density at radius 3 is 2.57 bits per heavy atom. The Morgan fingerprint density at radius 2 is 1.86 bits per heavy atom. The molecule has 2 amide bonds. The minimum Gasteiger partial charge on any atom is -0.485 e. The van der Waals surface area contributed by atoms with Crippen LogP contribution < -0.4 is 15.2 Å². The van der Waals surface area contributed by atoms with Crippen LogP contribution in [-0.2, 0) is 9.59 Å². The number of amides is 2. The van der Waals surface area contributed by atoms with Gasteiger partial charge in [-0.05, 0) is 12.1 Å². The Balaban J connectivity index is 1.26. The lowest BCUT2D eigenvalue weighted by Crippen LogP contribution is -2.55. The number of thioether (sulfide) groups is 1. The lowest BCUT2D eigenvalue weighted by molar-refractivity contribution is -0.145. The zero-order chi connectivity index (χ0) is 19.5. The highest BCUT2D eigenvalue weighted by Crippen LogP contribution is 2.31. The molecule has 1 fully saturated rings. The van der Waals surface area contributed by atoms with E-state index in [-0.39, 0.29) is 24.2 Å². The minimum atomic E-state index is -0.657. The quantitative estimate of drug-likeness (QED) is 0.719. The zero-order valence-electron chi connectivity index (χ0n) is 14.9. The molecule has 0 radical (unpaired) electrons. The van der Waals surface area contributed by atoms with Crippen LogP contribution in [0.1, 0.15) is 0 Å². The third kappa shape index (κ3) is 4.14. The number of rotatable bonds is 4. The number of nitrogens with zero attached hydrogens (tertiary/aromatic N) is 4. The maximum Gasteiger partial charge on any atom is 0.267 e. The van der Waals surface area contributed by atoms with Gasteiger partial charge >= 0.3 is 0 Å². The second kappa shape index (κ2) is 8.23. The van der Waals surface area contributed by atoms with Crippen LogP contribution in [0.15, 0.2) is 28.6 Å². The number of nitrogens with two attached hydrogens (primary N) is 1. The van der Waals surface area contributed by atoms with Crippen molar-refractivity contribution in [3.8, 4) is 11.5 Å². The molecule has 0 bridgehead atoms. The monoisotopic (exact) mass is 421 g/mol. The number of anilines is 1. The van der Waals surface area contributed by atoms with Gasteiger partial charge in [0.05, 0.1) is 5.75 Å². The maximum atomic E-state index is 12.7. The molecule has 2 aliphatic heterocycles. The molecule has 2 N–H and O–H groups in total. The van der Waals surface area contributed by atoms with Gasteiger partial charge in [0, 0.05) is 26.2 Å². The Hall–Kier alpha value is -2.53. The Labute approximate surface area is 169 Å².